The van der Waals surface area contributed by atoms with Crippen LogP contribution in [0.3, 0.4) is 0 Å². The Hall–Kier alpha value is -1.99. The summed E-state index contributed by atoms with van der Waals surface area (Å²) in [4.78, 5) is 13.6. The fourth-order valence-electron chi connectivity index (χ4n) is 2.25. The summed E-state index contributed by atoms with van der Waals surface area (Å²) in [5.74, 6) is 0.930. The van der Waals surface area contributed by atoms with Gasteiger partial charge in [-0.1, -0.05) is 0 Å². The number of hydrogen-bond acceptors (Lipinski definition) is 6. The molecule has 1 amide bonds. The molecular formula is C15H24N2O5. The Morgan fingerprint density at radius 3 is 2.32 bits per heavy atom. The molecule has 4 N–H and O–H groups in total. The Morgan fingerprint density at radius 2 is 1.82 bits per heavy atom. The topological polar surface area (TPSA) is 105 Å². The first-order chi connectivity index (χ1) is 10.6. The number of carbonyl (C=O) groups is 1. The Morgan fingerprint density at radius 1 is 1.18 bits per heavy atom. The van der Waals surface area contributed by atoms with Gasteiger partial charge in [0.1, 0.15) is 0 Å². The van der Waals surface area contributed by atoms with E-state index in [0.29, 0.717) is 23.6 Å². The van der Waals surface area contributed by atoms with Gasteiger partial charge in [0.05, 0.1) is 27.4 Å². The van der Waals surface area contributed by atoms with Crippen LogP contribution in [0.2, 0.25) is 0 Å². The minimum atomic E-state index is -0.147. The number of ether oxygens (including phenoxy) is 2. The van der Waals surface area contributed by atoms with Gasteiger partial charge in [-0.3, -0.25) is 4.79 Å². The zero-order valence-corrected chi connectivity index (χ0v) is 13.0. The largest absolute Gasteiger partial charge is 0.493 e. The van der Waals surface area contributed by atoms with Crippen LogP contribution >= 0.6 is 0 Å². The number of anilines is 1. The van der Waals surface area contributed by atoms with Gasteiger partial charge in [-0.25, -0.2) is 0 Å². The molecule has 0 spiro atoms. The molecule has 0 aliphatic heterocycles. The molecule has 124 valence electrons. The molecule has 7 heteroatoms. The lowest BCUT2D eigenvalue weighted by Gasteiger charge is -2.21. The predicted octanol–water partition coefficient (Wildman–Crippen LogP) is 0.0318. The van der Waals surface area contributed by atoms with Crippen LogP contribution in [0.5, 0.6) is 11.5 Å². The quantitative estimate of drug-likeness (QED) is 0.556. The van der Waals surface area contributed by atoms with Crippen molar-refractivity contribution in [1.29, 1.82) is 0 Å². The number of aryl methyl sites for hydroxylation is 1. The summed E-state index contributed by atoms with van der Waals surface area (Å²) in [5.41, 5.74) is 7.13. The number of methoxy groups -OCH3 is 2. The standard InChI is InChI=1S/C15H24N2O5/c1-21-13-10-12(16)9-11(15(13)22-2)3-4-14(20)17(5-7-18)6-8-19/h9-10,18-19H,3-8,16H2,1-2H3. The third-order valence-corrected chi connectivity index (χ3v) is 3.28. The van der Waals surface area contributed by atoms with E-state index < -0.39 is 0 Å². The molecule has 7 nitrogen and oxygen atoms in total. The van der Waals surface area contributed by atoms with E-state index in [9.17, 15) is 4.79 Å². The summed E-state index contributed by atoms with van der Waals surface area (Å²) in [6, 6.07) is 3.41. The summed E-state index contributed by atoms with van der Waals surface area (Å²) in [6.07, 6.45) is 0.653. The number of hydrogen-bond donors (Lipinski definition) is 3. The van der Waals surface area contributed by atoms with E-state index in [1.807, 2.05) is 0 Å². The fourth-order valence-corrected chi connectivity index (χ4v) is 2.25. The third-order valence-electron chi connectivity index (χ3n) is 3.28. The smallest absolute Gasteiger partial charge is 0.223 e. The molecule has 0 bridgehead atoms. The van der Waals surface area contributed by atoms with Crippen molar-refractivity contribution < 1.29 is 24.5 Å². The second-order valence-corrected chi connectivity index (χ2v) is 4.74. The van der Waals surface area contributed by atoms with E-state index in [-0.39, 0.29) is 38.6 Å². The highest BCUT2D eigenvalue weighted by Crippen LogP contribution is 2.34. The lowest BCUT2D eigenvalue weighted by Crippen LogP contribution is -2.36. The maximum atomic E-state index is 12.1. The number of aliphatic hydroxyl groups excluding tert-OH is 2. The summed E-state index contributed by atoms with van der Waals surface area (Å²) < 4.78 is 10.5. The van der Waals surface area contributed by atoms with Gasteiger partial charge in [0.2, 0.25) is 5.91 Å². The molecule has 0 heterocycles. The van der Waals surface area contributed by atoms with Crippen LogP contribution in [0.15, 0.2) is 12.1 Å². The van der Waals surface area contributed by atoms with Gasteiger partial charge in [-0.2, -0.15) is 0 Å². The fraction of sp³-hybridized carbons (Fsp3) is 0.533. The van der Waals surface area contributed by atoms with Crippen molar-refractivity contribution in [1.82, 2.24) is 4.90 Å². The number of aliphatic hydroxyl groups is 2. The van der Waals surface area contributed by atoms with E-state index in [4.69, 9.17) is 25.4 Å². The Kier molecular flexibility index (Phi) is 7.48. The van der Waals surface area contributed by atoms with Crippen molar-refractivity contribution in [2.24, 2.45) is 0 Å². The Labute approximate surface area is 130 Å². The van der Waals surface area contributed by atoms with E-state index in [2.05, 4.69) is 0 Å². The summed E-state index contributed by atoms with van der Waals surface area (Å²) in [5, 5.41) is 17.9. The number of nitrogens with two attached hydrogens (primary N) is 1. The van der Waals surface area contributed by atoms with E-state index in [0.717, 1.165) is 5.56 Å². The SMILES string of the molecule is COc1cc(N)cc(CCC(=O)N(CCO)CCO)c1OC. The molecule has 0 atom stereocenters. The molecular weight excluding hydrogens is 288 g/mol. The van der Waals surface area contributed by atoms with Crippen LogP contribution in [-0.2, 0) is 11.2 Å². The van der Waals surface area contributed by atoms with Crippen LogP contribution in [0.4, 0.5) is 5.69 Å². The first kappa shape index (κ1) is 18.1. The van der Waals surface area contributed by atoms with Crippen molar-refractivity contribution in [2.45, 2.75) is 12.8 Å². The molecule has 0 fully saturated rings. The van der Waals surface area contributed by atoms with Gasteiger partial charge < -0.3 is 30.3 Å². The number of amides is 1. The summed E-state index contributed by atoms with van der Waals surface area (Å²) in [7, 11) is 3.06. The molecule has 0 saturated carbocycles. The molecule has 22 heavy (non-hydrogen) atoms. The van der Waals surface area contributed by atoms with Crippen molar-refractivity contribution in [2.75, 3.05) is 46.3 Å². The number of rotatable bonds is 9. The molecule has 1 aromatic rings. The zero-order valence-electron chi connectivity index (χ0n) is 13.0. The molecule has 1 rings (SSSR count). The maximum absolute atomic E-state index is 12.1. The van der Waals surface area contributed by atoms with Crippen LogP contribution in [0.1, 0.15) is 12.0 Å². The van der Waals surface area contributed by atoms with Crippen molar-refractivity contribution in [3.8, 4) is 11.5 Å². The van der Waals surface area contributed by atoms with Crippen molar-refractivity contribution in [3.63, 3.8) is 0 Å². The van der Waals surface area contributed by atoms with Crippen LogP contribution in [-0.4, -0.2) is 61.5 Å². The number of benzene rings is 1. The minimum Gasteiger partial charge on any atom is -0.493 e. The average molecular weight is 312 g/mol. The number of nitrogen functional groups attached to an aromatic ring is 1. The molecule has 0 aliphatic rings. The predicted molar refractivity (Wildman–Crippen MR) is 83.0 cm³/mol. The summed E-state index contributed by atoms with van der Waals surface area (Å²) in [6.45, 7) is 0.135. The maximum Gasteiger partial charge on any atom is 0.223 e. The number of nitrogens with zero attached hydrogens (tertiary/aromatic N) is 1. The van der Waals surface area contributed by atoms with Crippen LogP contribution in [0, 0.1) is 0 Å². The second-order valence-electron chi connectivity index (χ2n) is 4.74. The second kappa shape index (κ2) is 9.11. The highest BCUT2D eigenvalue weighted by atomic mass is 16.5. The zero-order chi connectivity index (χ0) is 16.5. The van der Waals surface area contributed by atoms with Crippen LogP contribution < -0.4 is 15.2 Å². The monoisotopic (exact) mass is 312 g/mol. The highest BCUT2D eigenvalue weighted by Gasteiger charge is 2.16. The molecule has 0 unspecified atom stereocenters. The van der Waals surface area contributed by atoms with E-state index in [1.165, 1.54) is 19.1 Å². The van der Waals surface area contributed by atoms with Gasteiger partial charge in [0.25, 0.3) is 0 Å². The highest BCUT2D eigenvalue weighted by molar-refractivity contribution is 5.76. The van der Waals surface area contributed by atoms with Gasteiger partial charge in [0.15, 0.2) is 11.5 Å². The molecule has 0 aliphatic carbocycles. The first-order valence-electron chi connectivity index (χ1n) is 7.07. The average Bonchev–Trinajstić information content (AvgIpc) is 2.51. The van der Waals surface area contributed by atoms with Crippen molar-refractivity contribution in [3.05, 3.63) is 17.7 Å². The summed E-state index contributed by atoms with van der Waals surface area (Å²) >= 11 is 0. The number of carbonyl (C=O) groups excluding carboxylic acids is 1. The third kappa shape index (κ3) is 4.78. The van der Waals surface area contributed by atoms with Gasteiger partial charge >= 0.3 is 0 Å². The molecule has 0 saturated heterocycles. The Bertz CT molecular complexity index is 487. The molecule has 0 aromatic heterocycles. The minimum absolute atomic E-state index is 0.138. The lowest BCUT2D eigenvalue weighted by atomic mass is 10.1. The first-order valence-corrected chi connectivity index (χ1v) is 7.07. The lowest BCUT2D eigenvalue weighted by molar-refractivity contribution is -0.132. The van der Waals surface area contributed by atoms with Crippen LogP contribution in [0.25, 0.3) is 0 Å². The van der Waals surface area contributed by atoms with Crippen molar-refractivity contribution >= 4 is 11.6 Å². The molecule has 0 radical (unpaired) electrons. The van der Waals surface area contributed by atoms with Gasteiger partial charge in [0, 0.05) is 36.8 Å². The normalized spacial score (nSPS) is 10.4. The van der Waals surface area contributed by atoms with Gasteiger partial charge in [-0.15, -0.1) is 0 Å². The van der Waals surface area contributed by atoms with Gasteiger partial charge in [-0.05, 0) is 12.5 Å². The van der Waals surface area contributed by atoms with E-state index in [1.54, 1.807) is 12.1 Å². The molecule has 1 aromatic carbocycles. The van der Waals surface area contributed by atoms with E-state index >= 15 is 0 Å². The Balaban J connectivity index is 2.82.